The zero-order valence-corrected chi connectivity index (χ0v) is 19.8. The van der Waals surface area contributed by atoms with Gasteiger partial charge in [0.25, 0.3) is 5.91 Å². The molecule has 3 aromatic rings. The topological polar surface area (TPSA) is 61.9 Å². The standard InChI is InChI=1S/C27H27N3O3.ClH/c1-28-18-20-9-8-10-21(17-20)25(31)29-15-16-30-24(19-29)27(33-26(30)32,22-11-4-2-5-12-22)23-13-6-3-7-14-23;/h2-14,17,24,28H,15-16,18-19H2,1H3;1H. The average Bonchev–Trinajstić information content (AvgIpc) is 3.18. The lowest BCUT2D eigenvalue weighted by Gasteiger charge is -2.42. The van der Waals surface area contributed by atoms with E-state index in [2.05, 4.69) is 5.32 Å². The SMILES string of the molecule is CNCc1cccc(C(=O)N2CCN3C(=O)OC(c4ccccc4)(c4ccccc4)C3C2)c1.Cl. The van der Waals surface area contributed by atoms with Gasteiger partial charge in [-0.05, 0) is 24.7 Å². The summed E-state index contributed by atoms with van der Waals surface area (Å²) in [6.45, 7) is 2.00. The molecule has 2 aliphatic rings. The van der Waals surface area contributed by atoms with Crippen LogP contribution in [0.1, 0.15) is 27.0 Å². The Morgan fingerprint density at radius 2 is 1.62 bits per heavy atom. The van der Waals surface area contributed by atoms with Crippen molar-refractivity contribution >= 4 is 24.4 Å². The Balaban J connectivity index is 0.00000274. The number of hydrogen-bond acceptors (Lipinski definition) is 4. The molecule has 6 nitrogen and oxygen atoms in total. The molecule has 2 heterocycles. The third-order valence-corrected chi connectivity index (χ3v) is 6.58. The summed E-state index contributed by atoms with van der Waals surface area (Å²) in [5.74, 6) is -0.0259. The lowest BCUT2D eigenvalue weighted by molar-refractivity contribution is 0.0372. The second-order valence-electron chi connectivity index (χ2n) is 8.53. The lowest BCUT2D eigenvalue weighted by Crippen LogP contribution is -2.58. The molecule has 0 spiro atoms. The largest absolute Gasteiger partial charge is 0.431 e. The third kappa shape index (κ3) is 4.04. The highest BCUT2D eigenvalue weighted by molar-refractivity contribution is 5.94. The molecule has 1 atom stereocenters. The van der Waals surface area contributed by atoms with Gasteiger partial charge in [0.05, 0.1) is 0 Å². The highest BCUT2D eigenvalue weighted by Gasteiger charge is 2.58. The van der Waals surface area contributed by atoms with Crippen LogP contribution in [-0.4, -0.2) is 54.5 Å². The zero-order chi connectivity index (χ0) is 22.8. The molecule has 0 bridgehead atoms. The van der Waals surface area contributed by atoms with Crippen LogP contribution >= 0.6 is 12.4 Å². The van der Waals surface area contributed by atoms with Gasteiger partial charge in [-0.3, -0.25) is 9.69 Å². The molecule has 7 heteroatoms. The maximum atomic E-state index is 13.5. The van der Waals surface area contributed by atoms with Gasteiger partial charge < -0.3 is 15.0 Å². The molecule has 0 saturated carbocycles. The summed E-state index contributed by atoms with van der Waals surface area (Å²) in [6.07, 6.45) is -0.337. The predicted molar refractivity (Wildman–Crippen MR) is 133 cm³/mol. The molecule has 5 rings (SSSR count). The maximum Gasteiger partial charge on any atom is 0.411 e. The van der Waals surface area contributed by atoms with E-state index in [4.69, 9.17) is 4.74 Å². The molecule has 3 aromatic carbocycles. The minimum atomic E-state index is -0.980. The Bertz CT molecular complexity index is 1120. The Hall–Kier alpha value is -3.35. The summed E-state index contributed by atoms with van der Waals surface area (Å²) >= 11 is 0. The molecule has 0 radical (unpaired) electrons. The third-order valence-electron chi connectivity index (χ3n) is 6.58. The molecule has 1 N–H and O–H groups in total. The van der Waals surface area contributed by atoms with Gasteiger partial charge in [0.15, 0.2) is 5.60 Å². The van der Waals surface area contributed by atoms with Crippen LogP contribution in [0.4, 0.5) is 4.79 Å². The number of nitrogens with zero attached hydrogens (tertiary/aromatic N) is 2. The summed E-state index contributed by atoms with van der Waals surface area (Å²) in [5.41, 5.74) is 2.55. The van der Waals surface area contributed by atoms with Crippen molar-refractivity contribution in [1.29, 1.82) is 0 Å². The van der Waals surface area contributed by atoms with Gasteiger partial charge in [0.1, 0.15) is 6.04 Å². The van der Waals surface area contributed by atoms with E-state index in [0.29, 0.717) is 31.7 Å². The number of carbonyl (C=O) groups is 2. The highest BCUT2D eigenvalue weighted by Crippen LogP contribution is 2.45. The van der Waals surface area contributed by atoms with E-state index in [1.807, 2.05) is 96.9 Å². The molecule has 34 heavy (non-hydrogen) atoms. The second kappa shape index (κ2) is 9.87. The number of piperazine rings is 1. The van der Waals surface area contributed by atoms with Gasteiger partial charge in [-0.1, -0.05) is 72.8 Å². The van der Waals surface area contributed by atoms with Crippen molar-refractivity contribution in [3.63, 3.8) is 0 Å². The Morgan fingerprint density at radius 1 is 0.971 bits per heavy atom. The van der Waals surface area contributed by atoms with Crippen LogP contribution in [0.5, 0.6) is 0 Å². The molecule has 1 unspecified atom stereocenters. The molecule has 176 valence electrons. The van der Waals surface area contributed by atoms with Crippen LogP contribution in [0.3, 0.4) is 0 Å². The van der Waals surface area contributed by atoms with Gasteiger partial charge >= 0.3 is 6.09 Å². The van der Waals surface area contributed by atoms with E-state index < -0.39 is 5.60 Å². The van der Waals surface area contributed by atoms with Gasteiger partial charge in [-0.2, -0.15) is 0 Å². The normalized spacial score (nSPS) is 18.6. The van der Waals surface area contributed by atoms with Crippen molar-refractivity contribution in [2.24, 2.45) is 0 Å². The molecule has 2 amide bonds. The quantitative estimate of drug-likeness (QED) is 0.602. The van der Waals surface area contributed by atoms with Gasteiger partial charge in [0.2, 0.25) is 0 Å². The summed E-state index contributed by atoms with van der Waals surface area (Å²) < 4.78 is 6.19. The number of fused-ring (bicyclic) bond motifs is 1. The fraction of sp³-hybridized carbons (Fsp3) is 0.259. The number of rotatable bonds is 5. The maximum absolute atomic E-state index is 13.5. The van der Waals surface area contributed by atoms with Crippen molar-refractivity contribution in [2.45, 2.75) is 18.2 Å². The predicted octanol–water partition coefficient (Wildman–Crippen LogP) is 4.05. The van der Waals surface area contributed by atoms with Gasteiger partial charge in [-0.15, -0.1) is 12.4 Å². The Kier molecular flexibility index (Phi) is 6.91. The molecule has 2 saturated heterocycles. The first-order valence-electron chi connectivity index (χ1n) is 11.3. The average molecular weight is 478 g/mol. The van der Waals surface area contributed by atoms with Gasteiger partial charge in [-0.25, -0.2) is 4.79 Å². The number of cyclic esters (lactones) is 1. The van der Waals surface area contributed by atoms with Crippen LogP contribution in [0, 0.1) is 0 Å². The minimum absolute atomic E-state index is 0. The molecule has 0 aromatic heterocycles. The van der Waals surface area contributed by atoms with Crippen molar-refractivity contribution in [1.82, 2.24) is 15.1 Å². The van der Waals surface area contributed by atoms with Crippen molar-refractivity contribution < 1.29 is 14.3 Å². The number of carbonyl (C=O) groups excluding carboxylic acids is 2. The molecular weight excluding hydrogens is 450 g/mol. The van der Waals surface area contributed by atoms with Crippen LogP contribution in [0.15, 0.2) is 84.9 Å². The first-order chi connectivity index (χ1) is 16.1. The number of halogens is 1. The van der Waals surface area contributed by atoms with Gasteiger partial charge in [0, 0.05) is 42.9 Å². The number of hydrogen-bond donors (Lipinski definition) is 1. The first kappa shape index (κ1) is 23.8. The van der Waals surface area contributed by atoms with Crippen molar-refractivity contribution in [3.05, 3.63) is 107 Å². The number of benzene rings is 3. The molecular formula is C27H28ClN3O3. The fourth-order valence-electron chi connectivity index (χ4n) is 5.04. The van der Waals surface area contributed by atoms with E-state index in [1.165, 1.54) is 0 Å². The summed E-state index contributed by atoms with van der Waals surface area (Å²) in [5, 5.41) is 3.13. The first-order valence-corrected chi connectivity index (χ1v) is 11.3. The minimum Gasteiger partial charge on any atom is -0.431 e. The Labute approximate surface area is 205 Å². The monoisotopic (exact) mass is 477 g/mol. The fourth-order valence-corrected chi connectivity index (χ4v) is 5.04. The number of nitrogens with one attached hydrogen (secondary N) is 1. The van der Waals surface area contributed by atoms with Crippen molar-refractivity contribution in [2.75, 3.05) is 26.7 Å². The van der Waals surface area contributed by atoms with E-state index >= 15 is 0 Å². The Morgan fingerprint density at radius 3 is 2.24 bits per heavy atom. The summed E-state index contributed by atoms with van der Waals surface area (Å²) in [7, 11) is 1.89. The van der Waals surface area contributed by atoms with Crippen LogP contribution in [0.2, 0.25) is 0 Å². The zero-order valence-electron chi connectivity index (χ0n) is 19.0. The van der Waals surface area contributed by atoms with E-state index in [1.54, 1.807) is 4.90 Å². The molecule has 2 aliphatic heterocycles. The smallest absolute Gasteiger partial charge is 0.411 e. The van der Waals surface area contributed by atoms with E-state index in [9.17, 15) is 9.59 Å². The van der Waals surface area contributed by atoms with Crippen LogP contribution in [-0.2, 0) is 16.9 Å². The number of ether oxygens (including phenoxy) is 1. The molecule has 2 fully saturated rings. The molecule has 0 aliphatic carbocycles. The van der Waals surface area contributed by atoms with Crippen LogP contribution < -0.4 is 5.32 Å². The lowest BCUT2D eigenvalue weighted by atomic mass is 9.79. The van der Waals surface area contributed by atoms with Crippen LogP contribution in [0.25, 0.3) is 0 Å². The second-order valence-corrected chi connectivity index (χ2v) is 8.53. The summed E-state index contributed by atoms with van der Waals surface area (Å²) in [4.78, 5) is 30.1. The summed E-state index contributed by atoms with van der Waals surface area (Å²) in [6, 6.07) is 27.1. The van der Waals surface area contributed by atoms with E-state index in [-0.39, 0.29) is 30.4 Å². The van der Waals surface area contributed by atoms with Crippen molar-refractivity contribution in [3.8, 4) is 0 Å². The number of amides is 2. The highest BCUT2D eigenvalue weighted by atomic mass is 35.5. The van der Waals surface area contributed by atoms with E-state index in [0.717, 1.165) is 16.7 Å².